The van der Waals surface area contributed by atoms with Crippen LogP contribution in [0.3, 0.4) is 0 Å². The van der Waals surface area contributed by atoms with Crippen LogP contribution in [0.5, 0.6) is 5.75 Å². The number of nitrogens with zero attached hydrogens (tertiary/aromatic N) is 2. The van der Waals surface area contributed by atoms with E-state index in [1.165, 1.54) is 18.5 Å². The Labute approximate surface area is 131 Å². The summed E-state index contributed by atoms with van der Waals surface area (Å²) in [6.45, 7) is 0.748. The molecule has 0 saturated carbocycles. The van der Waals surface area contributed by atoms with Crippen LogP contribution < -0.4 is 10.2 Å². The van der Waals surface area contributed by atoms with Crippen molar-refractivity contribution >= 4 is 16.5 Å². The Bertz CT molecular complexity index is 912. The highest BCUT2D eigenvalue weighted by molar-refractivity contribution is 5.88. The Morgan fingerprint density at radius 1 is 1.09 bits per heavy atom. The van der Waals surface area contributed by atoms with E-state index >= 15 is 0 Å². The molecule has 0 radical (unpaired) electrons. The maximum atomic E-state index is 11.4. The van der Waals surface area contributed by atoms with Crippen molar-refractivity contribution in [3.8, 4) is 5.75 Å². The Morgan fingerprint density at radius 3 is 2.70 bits per heavy atom. The van der Waals surface area contributed by atoms with Crippen molar-refractivity contribution in [2.45, 2.75) is 6.54 Å². The number of hydrogen-bond donors (Lipinski definition) is 0. The largest absolute Gasteiger partial charge is 0.491 e. The molecular weight excluding hydrogens is 296 g/mol. The SMILES string of the molecule is O=c1ccn(CCOc2cccc3ccccc23)cc1[N+](=O)[O-]. The summed E-state index contributed by atoms with van der Waals surface area (Å²) in [5.41, 5.74) is -1.03. The molecule has 0 fully saturated rings. The zero-order valence-corrected chi connectivity index (χ0v) is 12.2. The van der Waals surface area contributed by atoms with E-state index in [1.54, 1.807) is 4.57 Å². The Kier molecular flexibility index (Phi) is 4.05. The molecule has 6 nitrogen and oxygen atoms in total. The smallest absolute Gasteiger partial charge is 0.332 e. The van der Waals surface area contributed by atoms with E-state index in [0.29, 0.717) is 13.2 Å². The van der Waals surface area contributed by atoms with Crippen molar-refractivity contribution in [1.82, 2.24) is 4.57 Å². The Hall–Kier alpha value is -3.15. The summed E-state index contributed by atoms with van der Waals surface area (Å²) in [5, 5.41) is 12.9. The number of hydrogen-bond acceptors (Lipinski definition) is 4. The molecule has 0 bridgehead atoms. The van der Waals surface area contributed by atoms with Gasteiger partial charge in [-0.05, 0) is 11.5 Å². The molecule has 0 spiro atoms. The van der Waals surface area contributed by atoms with Gasteiger partial charge in [0.05, 0.1) is 17.7 Å². The van der Waals surface area contributed by atoms with E-state index in [0.717, 1.165) is 16.5 Å². The fourth-order valence-corrected chi connectivity index (χ4v) is 2.37. The van der Waals surface area contributed by atoms with Crippen LogP contribution in [0.2, 0.25) is 0 Å². The molecule has 1 aromatic heterocycles. The van der Waals surface area contributed by atoms with Crippen LogP contribution in [0.25, 0.3) is 10.8 Å². The van der Waals surface area contributed by atoms with Crippen molar-refractivity contribution in [3.63, 3.8) is 0 Å². The van der Waals surface area contributed by atoms with Crippen molar-refractivity contribution in [2.24, 2.45) is 0 Å². The molecule has 0 aliphatic carbocycles. The second-order valence-electron chi connectivity index (χ2n) is 5.02. The average molecular weight is 310 g/mol. The molecule has 0 aliphatic heterocycles. The van der Waals surface area contributed by atoms with Gasteiger partial charge in [0.25, 0.3) is 5.43 Å². The maximum absolute atomic E-state index is 11.4. The fraction of sp³-hybridized carbons (Fsp3) is 0.118. The molecule has 0 unspecified atom stereocenters. The van der Waals surface area contributed by atoms with Crippen LogP contribution in [-0.4, -0.2) is 16.1 Å². The predicted molar refractivity (Wildman–Crippen MR) is 86.8 cm³/mol. The number of benzene rings is 2. The van der Waals surface area contributed by atoms with Gasteiger partial charge in [0, 0.05) is 17.6 Å². The lowest BCUT2D eigenvalue weighted by molar-refractivity contribution is -0.386. The first-order valence-corrected chi connectivity index (χ1v) is 7.10. The van der Waals surface area contributed by atoms with Crippen molar-refractivity contribution in [1.29, 1.82) is 0 Å². The van der Waals surface area contributed by atoms with Gasteiger partial charge in [0.15, 0.2) is 0 Å². The molecule has 0 N–H and O–H groups in total. The predicted octanol–water partition coefficient (Wildman–Crippen LogP) is 2.99. The van der Waals surface area contributed by atoms with Crippen LogP contribution in [-0.2, 0) is 6.54 Å². The molecule has 3 rings (SSSR count). The zero-order chi connectivity index (χ0) is 16.2. The van der Waals surface area contributed by atoms with Crippen molar-refractivity contribution in [2.75, 3.05) is 6.61 Å². The monoisotopic (exact) mass is 310 g/mol. The number of nitro groups is 1. The van der Waals surface area contributed by atoms with E-state index in [-0.39, 0.29) is 0 Å². The minimum absolute atomic E-state index is 0.341. The highest BCUT2D eigenvalue weighted by Gasteiger charge is 2.11. The number of ether oxygens (including phenoxy) is 1. The first-order chi connectivity index (χ1) is 11.1. The summed E-state index contributed by atoms with van der Waals surface area (Å²) in [4.78, 5) is 21.5. The minimum atomic E-state index is -0.676. The Balaban J connectivity index is 1.73. The lowest BCUT2D eigenvalue weighted by Gasteiger charge is -2.10. The summed E-state index contributed by atoms with van der Waals surface area (Å²) >= 11 is 0. The van der Waals surface area contributed by atoms with Crippen molar-refractivity contribution < 1.29 is 9.66 Å². The molecule has 23 heavy (non-hydrogen) atoms. The molecule has 0 amide bonds. The second-order valence-corrected chi connectivity index (χ2v) is 5.02. The van der Waals surface area contributed by atoms with Gasteiger partial charge in [0.2, 0.25) is 0 Å². The summed E-state index contributed by atoms with van der Waals surface area (Å²) in [6, 6.07) is 14.9. The van der Waals surface area contributed by atoms with Crippen LogP contribution in [0.1, 0.15) is 0 Å². The molecule has 6 heteroatoms. The maximum Gasteiger partial charge on any atom is 0.332 e. The van der Waals surface area contributed by atoms with E-state index in [9.17, 15) is 14.9 Å². The lowest BCUT2D eigenvalue weighted by atomic mass is 10.1. The third-order valence-electron chi connectivity index (χ3n) is 3.51. The highest BCUT2D eigenvalue weighted by atomic mass is 16.6. The number of aromatic nitrogens is 1. The van der Waals surface area contributed by atoms with Gasteiger partial charge in [-0.2, -0.15) is 0 Å². The molecule has 0 saturated heterocycles. The topological polar surface area (TPSA) is 74.4 Å². The number of fused-ring (bicyclic) bond motifs is 1. The fourth-order valence-electron chi connectivity index (χ4n) is 2.37. The average Bonchev–Trinajstić information content (AvgIpc) is 2.56. The normalized spacial score (nSPS) is 10.6. The van der Waals surface area contributed by atoms with E-state index in [1.807, 2.05) is 42.5 Å². The molecule has 1 heterocycles. The first-order valence-electron chi connectivity index (χ1n) is 7.10. The summed E-state index contributed by atoms with van der Waals surface area (Å²) in [6.07, 6.45) is 2.75. The zero-order valence-electron chi connectivity index (χ0n) is 12.2. The molecule has 2 aromatic carbocycles. The number of rotatable bonds is 5. The van der Waals surface area contributed by atoms with Crippen LogP contribution in [0, 0.1) is 10.1 Å². The van der Waals surface area contributed by atoms with Gasteiger partial charge in [0.1, 0.15) is 12.4 Å². The quantitative estimate of drug-likeness (QED) is 0.536. The van der Waals surface area contributed by atoms with Crippen LogP contribution >= 0.6 is 0 Å². The van der Waals surface area contributed by atoms with Crippen molar-refractivity contribution in [3.05, 3.63) is 81.3 Å². The van der Waals surface area contributed by atoms with Gasteiger partial charge < -0.3 is 9.30 Å². The number of pyridine rings is 1. The van der Waals surface area contributed by atoms with Gasteiger partial charge in [-0.3, -0.25) is 14.9 Å². The van der Waals surface area contributed by atoms with Gasteiger partial charge in [-0.1, -0.05) is 36.4 Å². The first kappa shape index (κ1) is 14.8. The van der Waals surface area contributed by atoms with Crippen LogP contribution in [0.4, 0.5) is 5.69 Å². The standard InChI is InChI=1S/C17H14N2O4/c20-16-8-9-18(12-15(16)19(21)22)10-11-23-17-7-3-5-13-4-1-2-6-14(13)17/h1-9,12H,10-11H2. The molecule has 0 atom stereocenters. The van der Waals surface area contributed by atoms with E-state index < -0.39 is 16.0 Å². The van der Waals surface area contributed by atoms with Crippen LogP contribution in [0.15, 0.2) is 65.7 Å². The molecule has 116 valence electrons. The summed E-state index contributed by atoms with van der Waals surface area (Å²) in [5.74, 6) is 0.763. The third kappa shape index (κ3) is 3.21. The minimum Gasteiger partial charge on any atom is -0.491 e. The van der Waals surface area contributed by atoms with Gasteiger partial charge >= 0.3 is 5.69 Å². The highest BCUT2D eigenvalue weighted by Crippen LogP contribution is 2.25. The third-order valence-corrected chi connectivity index (χ3v) is 3.51. The van der Waals surface area contributed by atoms with E-state index in [2.05, 4.69) is 0 Å². The summed E-state index contributed by atoms with van der Waals surface area (Å²) < 4.78 is 7.36. The molecule has 0 aliphatic rings. The van der Waals surface area contributed by atoms with Gasteiger partial charge in [-0.25, -0.2) is 0 Å². The second kappa shape index (κ2) is 6.31. The van der Waals surface area contributed by atoms with Gasteiger partial charge in [-0.15, -0.1) is 0 Å². The Morgan fingerprint density at radius 2 is 1.87 bits per heavy atom. The molecule has 3 aromatic rings. The van der Waals surface area contributed by atoms with E-state index in [4.69, 9.17) is 4.74 Å². The lowest BCUT2D eigenvalue weighted by Crippen LogP contribution is -2.14. The summed E-state index contributed by atoms with van der Waals surface area (Å²) in [7, 11) is 0. The molecular formula is C17H14N2O4.